The average Bonchev–Trinajstić information content (AvgIpc) is 1.85. The summed E-state index contributed by atoms with van der Waals surface area (Å²) in [6.07, 6.45) is 0. The Bertz CT molecular complexity index is 316. The Morgan fingerprint density at radius 2 is 1.91 bits per heavy atom. The number of benzene rings is 1. The van der Waals surface area contributed by atoms with E-state index in [0.717, 1.165) is 0 Å². The molecule has 0 aliphatic rings. The van der Waals surface area contributed by atoms with Gasteiger partial charge in [0.1, 0.15) is 5.75 Å². The summed E-state index contributed by atoms with van der Waals surface area (Å²) in [5.74, 6) is 0.0613. The molecule has 0 aromatic heterocycles. The highest BCUT2D eigenvalue weighted by molar-refractivity contribution is 7.81. The Kier molecular flexibility index (Phi) is 2.11. The molecule has 0 bridgehead atoms. The minimum Gasteiger partial charge on any atom is -0.362 e. The van der Waals surface area contributed by atoms with Crippen LogP contribution in [0.25, 0.3) is 0 Å². The van der Waals surface area contributed by atoms with Gasteiger partial charge >= 0.3 is 10.4 Å². The van der Waals surface area contributed by atoms with Crippen molar-refractivity contribution >= 4 is 10.4 Å². The van der Waals surface area contributed by atoms with Crippen LogP contribution in [0.2, 0.25) is 0 Å². The second-order valence-electron chi connectivity index (χ2n) is 1.75. The fraction of sp³-hybridized carbons (Fsp3) is 0. The maximum absolute atomic E-state index is 10.1. The Labute approximate surface area is 64.4 Å². The molecule has 0 heterocycles. The van der Waals surface area contributed by atoms with E-state index >= 15 is 0 Å². The summed E-state index contributed by atoms with van der Waals surface area (Å²) in [5.41, 5.74) is 0. The lowest BCUT2D eigenvalue weighted by Crippen LogP contribution is -2.06. The van der Waals surface area contributed by atoms with Gasteiger partial charge in [-0.3, -0.25) is 4.55 Å². The quantitative estimate of drug-likeness (QED) is 0.667. The third-order valence-electron chi connectivity index (χ3n) is 0.889. The Hall–Kier alpha value is -1.07. The molecule has 0 atom stereocenters. The SMILES string of the molecule is O=S(=O)(O)Oc1cc[c]cc1. The molecule has 11 heavy (non-hydrogen) atoms. The van der Waals surface area contributed by atoms with Crippen LogP contribution in [0.4, 0.5) is 0 Å². The van der Waals surface area contributed by atoms with E-state index in [2.05, 4.69) is 10.2 Å². The molecule has 4 nitrogen and oxygen atoms in total. The fourth-order valence-electron chi connectivity index (χ4n) is 0.549. The van der Waals surface area contributed by atoms with E-state index in [0.29, 0.717) is 0 Å². The van der Waals surface area contributed by atoms with E-state index in [-0.39, 0.29) is 5.75 Å². The zero-order valence-corrected chi connectivity index (χ0v) is 6.21. The first-order valence-corrected chi connectivity index (χ1v) is 4.07. The molecule has 0 aliphatic heterocycles. The minimum absolute atomic E-state index is 0.0613. The largest absolute Gasteiger partial charge is 0.446 e. The van der Waals surface area contributed by atoms with Crippen LogP contribution in [-0.2, 0) is 10.4 Å². The first-order valence-electron chi connectivity index (χ1n) is 2.71. The topological polar surface area (TPSA) is 63.6 Å². The third kappa shape index (κ3) is 3.01. The van der Waals surface area contributed by atoms with Gasteiger partial charge in [-0.05, 0) is 18.2 Å². The van der Waals surface area contributed by atoms with E-state index in [1.54, 1.807) is 0 Å². The smallest absolute Gasteiger partial charge is 0.362 e. The summed E-state index contributed by atoms with van der Waals surface area (Å²) in [7, 11) is -4.39. The van der Waals surface area contributed by atoms with Crippen molar-refractivity contribution in [2.75, 3.05) is 0 Å². The molecule has 0 saturated heterocycles. The van der Waals surface area contributed by atoms with Gasteiger partial charge in [0, 0.05) is 0 Å². The van der Waals surface area contributed by atoms with E-state index < -0.39 is 10.4 Å². The maximum atomic E-state index is 10.1. The summed E-state index contributed by atoms with van der Waals surface area (Å²) < 4.78 is 32.6. The molecule has 1 radical (unpaired) electrons. The van der Waals surface area contributed by atoms with Crippen LogP contribution < -0.4 is 4.18 Å². The summed E-state index contributed by atoms with van der Waals surface area (Å²) in [4.78, 5) is 0. The lowest BCUT2D eigenvalue weighted by molar-refractivity contribution is 0.387. The van der Waals surface area contributed by atoms with Crippen molar-refractivity contribution in [1.82, 2.24) is 0 Å². The van der Waals surface area contributed by atoms with Crippen LogP contribution in [0.1, 0.15) is 0 Å². The molecule has 5 heteroatoms. The monoisotopic (exact) mass is 173 g/mol. The van der Waals surface area contributed by atoms with Crippen LogP contribution >= 0.6 is 0 Å². The van der Waals surface area contributed by atoms with Crippen LogP contribution in [0.15, 0.2) is 24.3 Å². The summed E-state index contributed by atoms with van der Waals surface area (Å²) >= 11 is 0. The van der Waals surface area contributed by atoms with Crippen molar-refractivity contribution in [3.63, 3.8) is 0 Å². The molecule has 0 aliphatic carbocycles. The first kappa shape index (κ1) is 8.03. The van der Waals surface area contributed by atoms with Gasteiger partial charge in [0.25, 0.3) is 0 Å². The predicted molar refractivity (Wildman–Crippen MR) is 37.5 cm³/mol. The van der Waals surface area contributed by atoms with E-state index in [1.165, 1.54) is 24.3 Å². The number of hydrogen-bond donors (Lipinski definition) is 1. The van der Waals surface area contributed by atoms with Gasteiger partial charge < -0.3 is 4.18 Å². The summed E-state index contributed by atoms with van der Waals surface area (Å²) in [5, 5.41) is 0. The van der Waals surface area contributed by atoms with Crippen LogP contribution in [0, 0.1) is 6.07 Å². The second kappa shape index (κ2) is 2.89. The molecule has 1 rings (SSSR count). The van der Waals surface area contributed by atoms with Crippen LogP contribution in [0.3, 0.4) is 0 Å². The van der Waals surface area contributed by atoms with Gasteiger partial charge in [-0.15, -0.1) is 0 Å². The molecule has 0 spiro atoms. The predicted octanol–water partition coefficient (Wildman–Crippen LogP) is 0.668. The Morgan fingerprint density at radius 3 is 2.36 bits per heavy atom. The standard InChI is InChI=1S/C6H5O4S/c7-11(8,9)10-6-4-2-1-3-5-6/h2-5H,(H,7,8,9). The zero-order chi connectivity index (χ0) is 8.32. The molecule has 0 amide bonds. The van der Waals surface area contributed by atoms with E-state index in [1.807, 2.05) is 0 Å². The van der Waals surface area contributed by atoms with Crippen molar-refractivity contribution < 1.29 is 17.2 Å². The average molecular weight is 173 g/mol. The summed E-state index contributed by atoms with van der Waals surface area (Å²) in [6, 6.07) is 8.35. The highest BCUT2D eigenvalue weighted by Gasteiger charge is 2.04. The van der Waals surface area contributed by atoms with Crippen LogP contribution in [0.5, 0.6) is 5.75 Å². The van der Waals surface area contributed by atoms with Gasteiger partial charge in [-0.25, -0.2) is 0 Å². The van der Waals surface area contributed by atoms with Crippen molar-refractivity contribution in [3.05, 3.63) is 30.3 Å². The fourth-order valence-corrected chi connectivity index (χ4v) is 0.903. The normalized spacial score (nSPS) is 11.0. The molecule has 59 valence electrons. The molecule has 1 aromatic rings. The maximum Gasteiger partial charge on any atom is 0.446 e. The lowest BCUT2D eigenvalue weighted by atomic mass is 10.3. The molecular weight excluding hydrogens is 168 g/mol. The molecule has 0 fully saturated rings. The highest BCUT2D eigenvalue weighted by Crippen LogP contribution is 2.09. The Morgan fingerprint density at radius 1 is 1.36 bits per heavy atom. The second-order valence-corrected chi connectivity index (χ2v) is 2.77. The van der Waals surface area contributed by atoms with Gasteiger partial charge in [0.2, 0.25) is 0 Å². The van der Waals surface area contributed by atoms with E-state index in [9.17, 15) is 8.42 Å². The van der Waals surface area contributed by atoms with Crippen molar-refractivity contribution in [2.24, 2.45) is 0 Å². The van der Waals surface area contributed by atoms with Crippen LogP contribution in [-0.4, -0.2) is 13.0 Å². The van der Waals surface area contributed by atoms with Crippen molar-refractivity contribution in [3.8, 4) is 5.75 Å². The molecular formula is C6H5O4S. The highest BCUT2D eigenvalue weighted by atomic mass is 32.3. The van der Waals surface area contributed by atoms with Gasteiger partial charge in [0.05, 0.1) is 0 Å². The Balaban J connectivity index is 2.82. The first-order chi connectivity index (χ1) is 5.08. The molecule has 0 saturated carbocycles. The molecule has 0 unspecified atom stereocenters. The lowest BCUT2D eigenvalue weighted by Gasteiger charge is -1.98. The third-order valence-corrected chi connectivity index (χ3v) is 1.29. The van der Waals surface area contributed by atoms with Crippen molar-refractivity contribution in [1.29, 1.82) is 0 Å². The molecule has 1 N–H and O–H groups in total. The van der Waals surface area contributed by atoms with E-state index in [4.69, 9.17) is 4.55 Å². The zero-order valence-electron chi connectivity index (χ0n) is 5.39. The summed E-state index contributed by atoms with van der Waals surface area (Å²) in [6.45, 7) is 0. The number of hydrogen-bond acceptors (Lipinski definition) is 3. The van der Waals surface area contributed by atoms with Gasteiger partial charge in [-0.1, -0.05) is 12.1 Å². The number of rotatable bonds is 2. The van der Waals surface area contributed by atoms with Crippen molar-refractivity contribution in [2.45, 2.75) is 0 Å². The minimum atomic E-state index is -4.39. The van der Waals surface area contributed by atoms with Gasteiger partial charge in [-0.2, -0.15) is 8.42 Å². The molecule has 1 aromatic carbocycles. The van der Waals surface area contributed by atoms with Gasteiger partial charge in [0.15, 0.2) is 0 Å².